The number of methoxy groups -OCH3 is 2. The Morgan fingerprint density at radius 1 is 1.20 bits per heavy atom. The van der Waals surface area contributed by atoms with Gasteiger partial charge in [0.05, 0.1) is 59.8 Å². The van der Waals surface area contributed by atoms with E-state index < -0.39 is 22.5 Å². The maximum absolute atomic E-state index is 13.9. The van der Waals surface area contributed by atoms with Crippen LogP contribution in [0.5, 0.6) is 17.2 Å². The van der Waals surface area contributed by atoms with Crippen LogP contribution in [0.3, 0.4) is 0 Å². The smallest absolute Gasteiger partial charge is 0.338 e. The highest BCUT2D eigenvalue weighted by Crippen LogP contribution is 2.36. The molecule has 2 aromatic carbocycles. The molecule has 0 saturated carbocycles. The van der Waals surface area contributed by atoms with Crippen LogP contribution in [0, 0.1) is 10.1 Å². The predicted molar refractivity (Wildman–Crippen MR) is 149 cm³/mol. The molecule has 210 valence electrons. The van der Waals surface area contributed by atoms with Crippen molar-refractivity contribution < 1.29 is 28.7 Å². The zero-order valence-corrected chi connectivity index (χ0v) is 23.7. The third-order valence-corrected chi connectivity index (χ3v) is 7.06. The third kappa shape index (κ3) is 5.48. The average Bonchev–Trinajstić information content (AvgIpc) is 3.21. The molecule has 0 spiro atoms. The van der Waals surface area contributed by atoms with E-state index in [0.717, 1.165) is 11.3 Å². The molecule has 11 nitrogen and oxygen atoms in total. The number of thiazole rings is 1. The summed E-state index contributed by atoms with van der Waals surface area (Å²) in [5.41, 5.74) is 0.955. The van der Waals surface area contributed by atoms with Crippen LogP contribution in [0.25, 0.3) is 6.08 Å². The highest BCUT2D eigenvalue weighted by Gasteiger charge is 2.34. The molecule has 1 atom stereocenters. The first-order chi connectivity index (χ1) is 19.1. The van der Waals surface area contributed by atoms with E-state index in [1.807, 2.05) is 6.92 Å². The molecule has 0 radical (unpaired) electrons. The number of esters is 1. The van der Waals surface area contributed by atoms with Gasteiger partial charge in [-0.2, -0.15) is 0 Å². The molecule has 0 amide bonds. The number of allylic oxidation sites excluding steroid dienone is 1. The van der Waals surface area contributed by atoms with E-state index in [1.54, 1.807) is 45.0 Å². The van der Waals surface area contributed by atoms with Crippen LogP contribution < -0.4 is 29.1 Å². The van der Waals surface area contributed by atoms with Crippen molar-refractivity contribution in [3.8, 4) is 17.2 Å². The number of non-ortho nitro benzene ring substituents is 1. The largest absolute Gasteiger partial charge is 0.494 e. The minimum atomic E-state index is -0.818. The summed E-state index contributed by atoms with van der Waals surface area (Å²) in [4.78, 5) is 43.1. The fourth-order valence-electron chi connectivity index (χ4n) is 4.42. The minimum absolute atomic E-state index is 0.151. The molecule has 0 N–H and O–H groups in total. The molecule has 1 aliphatic rings. The Kier molecular flexibility index (Phi) is 8.38. The van der Waals surface area contributed by atoms with Crippen molar-refractivity contribution >= 4 is 29.1 Å². The number of nitro benzene ring substituents is 1. The predicted octanol–water partition coefficient (Wildman–Crippen LogP) is 3.51. The highest BCUT2D eigenvalue weighted by atomic mass is 32.1. The van der Waals surface area contributed by atoms with E-state index in [1.165, 1.54) is 37.0 Å². The second-order valence-electron chi connectivity index (χ2n) is 9.07. The lowest BCUT2D eigenvalue weighted by molar-refractivity contribution is -0.385. The Hall–Kier alpha value is -4.45. The van der Waals surface area contributed by atoms with Gasteiger partial charge < -0.3 is 18.9 Å². The number of ether oxygens (including phenoxy) is 4. The van der Waals surface area contributed by atoms with Crippen molar-refractivity contribution in [3.63, 3.8) is 0 Å². The van der Waals surface area contributed by atoms with E-state index in [4.69, 9.17) is 18.9 Å². The number of nitro groups is 1. The van der Waals surface area contributed by atoms with E-state index in [9.17, 15) is 19.7 Å². The number of fused-ring (bicyclic) bond motifs is 1. The lowest BCUT2D eigenvalue weighted by Crippen LogP contribution is -2.40. The van der Waals surface area contributed by atoms with Crippen LogP contribution in [0.2, 0.25) is 0 Å². The molecule has 1 aliphatic heterocycles. The van der Waals surface area contributed by atoms with Crippen LogP contribution >= 0.6 is 11.3 Å². The number of aromatic nitrogens is 1. The number of rotatable bonds is 9. The Morgan fingerprint density at radius 3 is 2.48 bits per heavy atom. The molecule has 1 aromatic heterocycles. The summed E-state index contributed by atoms with van der Waals surface area (Å²) in [6.07, 6.45) is 1.12. The standard InChI is InChI=1S/C28H29N3O8S/c1-7-38-20-10-8-17(9-11-20)24-23(27(33)39-15(2)3)16(4)29-28-30(24)26(32)22(40-28)13-18-12-19(31(34)35)14-21(36-5)25(18)37-6/h8-15,24H,7H2,1-6H3/b22-13-/t24-/m0/s1. The normalized spacial score (nSPS) is 15.0. The fourth-order valence-corrected chi connectivity index (χ4v) is 5.46. The van der Waals surface area contributed by atoms with Gasteiger partial charge in [0.25, 0.3) is 11.2 Å². The number of hydrogen-bond acceptors (Lipinski definition) is 10. The Bertz CT molecular complexity index is 1670. The van der Waals surface area contributed by atoms with Crippen LogP contribution in [0.1, 0.15) is 44.9 Å². The zero-order valence-electron chi connectivity index (χ0n) is 22.9. The summed E-state index contributed by atoms with van der Waals surface area (Å²) in [7, 11) is 2.78. The van der Waals surface area contributed by atoms with Gasteiger partial charge in [-0.05, 0) is 51.5 Å². The fraction of sp³-hybridized carbons (Fsp3) is 0.321. The number of benzene rings is 2. The van der Waals surface area contributed by atoms with Gasteiger partial charge >= 0.3 is 5.97 Å². The summed E-state index contributed by atoms with van der Waals surface area (Å²) >= 11 is 1.10. The summed E-state index contributed by atoms with van der Waals surface area (Å²) in [6, 6.07) is 8.87. The van der Waals surface area contributed by atoms with Crippen LogP contribution in [-0.4, -0.2) is 42.4 Å². The first kappa shape index (κ1) is 28.6. The summed E-state index contributed by atoms with van der Waals surface area (Å²) in [6.45, 7) is 7.56. The van der Waals surface area contributed by atoms with Gasteiger partial charge in [-0.1, -0.05) is 23.5 Å². The van der Waals surface area contributed by atoms with E-state index >= 15 is 0 Å². The molecular weight excluding hydrogens is 538 g/mol. The molecule has 0 aliphatic carbocycles. The first-order valence-corrected chi connectivity index (χ1v) is 13.3. The van der Waals surface area contributed by atoms with Crippen molar-refractivity contribution in [1.29, 1.82) is 0 Å². The quantitative estimate of drug-likeness (QED) is 0.218. The van der Waals surface area contributed by atoms with Gasteiger partial charge in [0.15, 0.2) is 16.3 Å². The van der Waals surface area contributed by atoms with E-state index in [2.05, 4.69) is 4.99 Å². The lowest BCUT2D eigenvalue weighted by Gasteiger charge is -2.25. The number of hydrogen-bond donors (Lipinski definition) is 0. The second kappa shape index (κ2) is 11.7. The molecule has 40 heavy (non-hydrogen) atoms. The van der Waals surface area contributed by atoms with Crippen molar-refractivity contribution in [2.75, 3.05) is 20.8 Å². The van der Waals surface area contributed by atoms with Gasteiger partial charge in [0.2, 0.25) is 0 Å². The van der Waals surface area contributed by atoms with E-state index in [0.29, 0.717) is 28.4 Å². The second-order valence-corrected chi connectivity index (χ2v) is 10.1. The van der Waals surface area contributed by atoms with Crippen molar-refractivity contribution in [2.45, 2.75) is 39.8 Å². The number of nitrogens with zero attached hydrogens (tertiary/aromatic N) is 3. The van der Waals surface area contributed by atoms with Crippen LogP contribution in [0.15, 0.2) is 57.5 Å². The highest BCUT2D eigenvalue weighted by molar-refractivity contribution is 7.07. The Morgan fingerprint density at radius 2 is 1.90 bits per heavy atom. The van der Waals surface area contributed by atoms with E-state index in [-0.39, 0.29) is 39.0 Å². The Labute approximate surface area is 233 Å². The van der Waals surface area contributed by atoms with Gasteiger partial charge in [0.1, 0.15) is 5.75 Å². The lowest BCUT2D eigenvalue weighted by atomic mass is 9.96. The Balaban J connectivity index is 1.97. The first-order valence-electron chi connectivity index (χ1n) is 12.5. The molecule has 4 rings (SSSR count). The molecule has 0 unspecified atom stereocenters. The van der Waals surface area contributed by atoms with Crippen molar-refractivity contribution in [3.05, 3.63) is 88.6 Å². The molecular formula is C28H29N3O8S. The summed E-state index contributed by atoms with van der Waals surface area (Å²) in [5.74, 6) is 0.462. The number of carbonyl (C=O) groups is 1. The maximum atomic E-state index is 13.9. The molecule has 0 bridgehead atoms. The topological polar surface area (TPSA) is 131 Å². The number of carbonyl (C=O) groups excluding carboxylic acids is 1. The van der Waals surface area contributed by atoms with Crippen molar-refractivity contribution in [2.24, 2.45) is 4.99 Å². The zero-order chi connectivity index (χ0) is 29.1. The van der Waals surface area contributed by atoms with Gasteiger partial charge in [0, 0.05) is 11.6 Å². The van der Waals surface area contributed by atoms with Gasteiger partial charge in [-0.25, -0.2) is 9.79 Å². The summed E-state index contributed by atoms with van der Waals surface area (Å²) < 4.78 is 23.5. The molecule has 12 heteroatoms. The molecule has 0 fully saturated rings. The molecule has 3 aromatic rings. The molecule has 0 saturated heterocycles. The summed E-state index contributed by atoms with van der Waals surface area (Å²) in [5, 5.41) is 11.5. The minimum Gasteiger partial charge on any atom is -0.494 e. The monoisotopic (exact) mass is 567 g/mol. The maximum Gasteiger partial charge on any atom is 0.338 e. The van der Waals surface area contributed by atoms with Gasteiger partial charge in [-0.3, -0.25) is 19.5 Å². The van der Waals surface area contributed by atoms with Crippen LogP contribution in [0.4, 0.5) is 5.69 Å². The third-order valence-electron chi connectivity index (χ3n) is 6.08. The SMILES string of the molecule is CCOc1ccc([C@H]2C(C(=O)OC(C)C)=C(C)N=c3s/c(=C\c4cc([N+](=O)[O-])cc(OC)c4OC)c(=O)n32)cc1. The van der Waals surface area contributed by atoms with Crippen LogP contribution in [-0.2, 0) is 9.53 Å². The molecule has 2 heterocycles. The van der Waals surface area contributed by atoms with Gasteiger partial charge in [-0.15, -0.1) is 0 Å². The van der Waals surface area contributed by atoms with Crippen molar-refractivity contribution in [1.82, 2.24) is 4.57 Å². The average molecular weight is 568 g/mol.